The first kappa shape index (κ1) is 45.9. The Morgan fingerprint density at radius 1 is 0.288 bits per heavy atom. The number of halogens is 8. The summed E-state index contributed by atoms with van der Waals surface area (Å²) in [6, 6.07) is 66.0. The fourth-order valence-corrected chi connectivity index (χ4v) is 14.2. The molecule has 6 rings (SSSR count). The van der Waals surface area contributed by atoms with Crippen LogP contribution in [0.5, 0.6) is 0 Å². The van der Waals surface area contributed by atoms with Crippen molar-refractivity contribution in [3.63, 3.8) is 0 Å². The summed E-state index contributed by atoms with van der Waals surface area (Å²) in [5, 5.41) is 8.78. The Balaban J connectivity index is 0.000000223. The third-order valence-corrected chi connectivity index (χ3v) is 17.1. The monoisotopic (exact) mass is 972 g/mol. The summed E-state index contributed by atoms with van der Waals surface area (Å²) >= 11 is 0. The van der Waals surface area contributed by atoms with E-state index in [1.807, 2.05) is 0 Å². The molecule has 12 heteroatoms. The molecular formula is C40H40Cl8Mn2P2. The maximum atomic E-state index is 4.97. The quantitative estimate of drug-likeness (QED) is 0.105. The second kappa shape index (κ2) is 22.9. The van der Waals surface area contributed by atoms with Crippen molar-refractivity contribution in [2.45, 2.75) is 13.8 Å². The number of rotatable bonds is 8. The molecule has 0 spiro atoms. The second-order valence-corrected chi connectivity index (χ2v) is 41.9. The minimum absolute atomic E-state index is 1.14. The number of benzene rings is 6. The van der Waals surface area contributed by atoms with E-state index < -0.39 is 32.9 Å². The summed E-state index contributed by atoms with van der Waals surface area (Å²) in [7, 11) is 31.2. The molecule has 0 amide bonds. The molecule has 280 valence electrons. The van der Waals surface area contributed by atoms with Crippen molar-refractivity contribution in [3.8, 4) is 0 Å². The molecule has 0 radical (unpaired) electrons. The normalized spacial score (nSPS) is 12.0. The SMILES string of the molecule is CC[P+](c1ccccc1)(c1ccccc1)c1ccccc1.CC[P+](c1ccccc1)(c1ccccc1)c1ccccc1.[Cl][Mn-]([Cl])([Cl])[Cl].[Cl][Mn-]([Cl])([Cl])[Cl]. The van der Waals surface area contributed by atoms with Crippen molar-refractivity contribution in [2.24, 2.45) is 0 Å². The van der Waals surface area contributed by atoms with Crippen LogP contribution >= 0.6 is 95.3 Å². The van der Waals surface area contributed by atoms with Crippen LogP contribution in [0.15, 0.2) is 182 Å². The minimum atomic E-state index is -2.74. The van der Waals surface area contributed by atoms with Gasteiger partial charge < -0.3 is 0 Å². The number of hydrogen-bond donors (Lipinski definition) is 0. The molecule has 0 fully saturated rings. The molecule has 0 saturated carbocycles. The molecule has 52 heavy (non-hydrogen) atoms. The van der Waals surface area contributed by atoms with Gasteiger partial charge in [-0.3, -0.25) is 0 Å². The fourth-order valence-electron chi connectivity index (χ4n) is 6.08. The molecule has 0 aliphatic carbocycles. The van der Waals surface area contributed by atoms with Gasteiger partial charge in [0.2, 0.25) is 0 Å². The summed E-state index contributed by atoms with van der Waals surface area (Å²) in [5.74, 6) is 0. The molecule has 0 saturated heterocycles. The molecule has 0 bridgehead atoms. The van der Waals surface area contributed by atoms with E-state index in [0.29, 0.717) is 0 Å². The molecule has 0 aliphatic heterocycles. The van der Waals surface area contributed by atoms with Crippen LogP contribution < -0.4 is 31.8 Å². The Hall–Kier alpha value is -0.461. The van der Waals surface area contributed by atoms with E-state index in [1.165, 1.54) is 31.8 Å². The van der Waals surface area contributed by atoms with Gasteiger partial charge in [-0.25, -0.2) is 0 Å². The van der Waals surface area contributed by atoms with Gasteiger partial charge in [-0.1, -0.05) is 109 Å². The molecule has 0 nitrogen and oxygen atoms in total. The van der Waals surface area contributed by atoms with Gasteiger partial charge in [-0.2, -0.15) is 0 Å². The first-order valence-electron chi connectivity index (χ1n) is 16.0. The van der Waals surface area contributed by atoms with E-state index in [0.717, 1.165) is 12.3 Å². The summed E-state index contributed by atoms with van der Waals surface area (Å²) in [4.78, 5) is 0. The third-order valence-electron chi connectivity index (χ3n) is 8.13. The Bertz CT molecular complexity index is 1490. The van der Waals surface area contributed by atoms with Gasteiger partial charge in [0.05, 0.1) is 12.3 Å². The van der Waals surface area contributed by atoms with E-state index in [2.05, 4.69) is 196 Å². The van der Waals surface area contributed by atoms with Crippen LogP contribution in [-0.4, -0.2) is 12.3 Å². The summed E-state index contributed by atoms with van der Waals surface area (Å²) in [6.07, 6.45) is 2.29. The van der Waals surface area contributed by atoms with Crippen LogP contribution in [-0.2, 0) is 18.4 Å². The molecule has 0 atom stereocenters. The molecule has 0 N–H and O–H groups in total. The van der Waals surface area contributed by atoms with Gasteiger partial charge in [0, 0.05) is 0 Å². The molecule has 6 aromatic rings. The first-order valence-corrected chi connectivity index (χ1v) is 32.9. The molecule has 0 unspecified atom stereocenters. The maximum absolute atomic E-state index is 4.97. The van der Waals surface area contributed by atoms with E-state index in [4.69, 9.17) is 80.8 Å². The zero-order chi connectivity index (χ0) is 38.1. The Morgan fingerprint density at radius 2 is 0.404 bits per heavy atom. The molecular weight excluding hydrogens is 936 g/mol. The van der Waals surface area contributed by atoms with Gasteiger partial charge in [-0.15, -0.1) is 0 Å². The molecule has 6 aromatic carbocycles. The van der Waals surface area contributed by atoms with Crippen molar-refractivity contribution in [3.05, 3.63) is 182 Å². The van der Waals surface area contributed by atoms with Crippen LogP contribution in [0.3, 0.4) is 0 Å². The Labute approximate surface area is 350 Å². The van der Waals surface area contributed by atoms with Crippen LogP contribution in [0.4, 0.5) is 0 Å². The Kier molecular flexibility index (Phi) is 20.3. The summed E-state index contributed by atoms with van der Waals surface area (Å²) in [6.45, 7) is 4.64. The molecule has 0 aliphatic rings. The molecule has 0 heterocycles. The third kappa shape index (κ3) is 14.6. The summed E-state index contributed by atoms with van der Waals surface area (Å²) in [5.41, 5.74) is 0. The van der Waals surface area contributed by atoms with Gasteiger partial charge in [0.15, 0.2) is 0 Å². The van der Waals surface area contributed by atoms with Gasteiger partial charge in [0.25, 0.3) is 0 Å². The standard InChI is InChI=1S/2C20H20P.8ClH.2Mn/c2*1-2-21(18-12-6-3-7-13-18,19-14-8-4-9-15-19)20-16-10-5-11-17-20;;;;;;;;;;/h2*3-17H,2H2,1H3;8*1H;;/q2*+1;;;;;;;;;2*+3/p-8. The van der Waals surface area contributed by atoms with Crippen molar-refractivity contribution in [1.82, 2.24) is 0 Å². The fraction of sp³-hybridized carbons (Fsp3) is 0.100. The average molecular weight is 976 g/mol. The van der Waals surface area contributed by atoms with Gasteiger partial charge in [0.1, 0.15) is 46.4 Å². The van der Waals surface area contributed by atoms with Crippen LogP contribution in [0.2, 0.25) is 0 Å². The van der Waals surface area contributed by atoms with E-state index in [-0.39, 0.29) is 0 Å². The van der Waals surface area contributed by atoms with Crippen LogP contribution in [0.1, 0.15) is 13.8 Å². The number of hydrogen-bond acceptors (Lipinski definition) is 0. The average Bonchev–Trinajstić information content (AvgIpc) is 3.15. The van der Waals surface area contributed by atoms with Crippen molar-refractivity contribution in [2.75, 3.05) is 12.3 Å². The van der Waals surface area contributed by atoms with Crippen molar-refractivity contribution in [1.29, 1.82) is 0 Å². The topological polar surface area (TPSA) is 0 Å². The molecule has 0 aromatic heterocycles. The van der Waals surface area contributed by atoms with Crippen LogP contribution in [0, 0.1) is 0 Å². The van der Waals surface area contributed by atoms with E-state index in [9.17, 15) is 0 Å². The second-order valence-electron chi connectivity index (χ2n) is 10.9. The van der Waals surface area contributed by atoms with E-state index in [1.54, 1.807) is 0 Å². The van der Waals surface area contributed by atoms with Crippen molar-refractivity contribution >= 4 is 127 Å². The van der Waals surface area contributed by atoms with Crippen LogP contribution in [0.25, 0.3) is 0 Å². The van der Waals surface area contributed by atoms with E-state index >= 15 is 0 Å². The van der Waals surface area contributed by atoms with Gasteiger partial charge >= 0.3 is 99.2 Å². The Morgan fingerprint density at radius 3 is 0.500 bits per heavy atom. The van der Waals surface area contributed by atoms with Gasteiger partial charge in [-0.05, 0) is 86.6 Å². The zero-order valence-corrected chi connectivity index (χ0v) is 38.6. The zero-order valence-electron chi connectivity index (χ0n) is 28.4. The van der Waals surface area contributed by atoms with Crippen molar-refractivity contribution < 1.29 is 18.4 Å². The summed E-state index contributed by atoms with van der Waals surface area (Å²) < 4.78 is 0. The first-order chi connectivity index (χ1) is 24.8. The predicted molar refractivity (Wildman–Crippen MR) is 238 cm³/mol. The predicted octanol–water partition coefficient (Wildman–Crippen LogP) is 13.5.